The SMILES string of the molecule is Cc1csc(CNC(C)C)c1S(=O)(=O)Nc1cn[nH]c1. The Morgan fingerprint density at radius 2 is 2.20 bits per heavy atom. The Kier molecular flexibility index (Phi) is 4.46. The van der Waals surface area contributed by atoms with Crippen LogP contribution in [0.2, 0.25) is 0 Å². The molecule has 0 saturated heterocycles. The molecule has 0 saturated carbocycles. The monoisotopic (exact) mass is 314 g/mol. The lowest BCUT2D eigenvalue weighted by atomic mass is 10.3. The number of H-pyrrole nitrogens is 1. The Labute approximate surface area is 122 Å². The molecule has 110 valence electrons. The van der Waals surface area contributed by atoms with Crippen LogP contribution in [-0.2, 0) is 16.6 Å². The maximum Gasteiger partial charge on any atom is 0.263 e. The number of sulfonamides is 1. The molecule has 0 radical (unpaired) electrons. The molecule has 2 aromatic rings. The Morgan fingerprint density at radius 3 is 2.80 bits per heavy atom. The first-order chi connectivity index (χ1) is 9.40. The molecule has 0 aliphatic rings. The van der Waals surface area contributed by atoms with Gasteiger partial charge in [0.15, 0.2) is 0 Å². The number of aromatic amines is 1. The van der Waals surface area contributed by atoms with Crippen molar-refractivity contribution in [1.82, 2.24) is 15.5 Å². The van der Waals surface area contributed by atoms with E-state index in [2.05, 4.69) is 20.2 Å². The maximum absolute atomic E-state index is 12.5. The summed E-state index contributed by atoms with van der Waals surface area (Å²) >= 11 is 1.45. The second kappa shape index (κ2) is 5.94. The molecular weight excluding hydrogens is 296 g/mol. The average molecular weight is 314 g/mol. The van der Waals surface area contributed by atoms with E-state index < -0.39 is 10.0 Å². The highest BCUT2D eigenvalue weighted by Crippen LogP contribution is 2.28. The molecule has 0 unspecified atom stereocenters. The normalized spacial score (nSPS) is 12.0. The summed E-state index contributed by atoms with van der Waals surface area (Å²) in [5.74, 6) is 0. The number of thiophene rings is 1. The summed E-state index contributed by atoms with van der Waals surface area (Å²) in [7, 11) is -3.59. The van der Waals surface area contributed by atoms with Crippen molar-refractivity contribution < 1.29 is 8.42 Å². The fourth-order valence-electron chi connectivity index (χ4n) is 1.78. The van der Waals surface area contributed by atoms with Crippen LogP contribution in [0.3, 0.4) is 0 Å². The lowest BCUT2D eigenvalue weighted by Gasteiger charge is -2.11. The zero-order chi connectivity index (χ0) is 14.8. The third-order valence-electron chi connectivity index (χ3n) is 2.68. The fraction of sp³-hybridized carbons (Fsp3) is 0.417. The van der Waals surface area contributed by atoms with Crippen LogP contribution >= 0.6 is 11.3 Å². The van der Waals surface area contributed by atoms with Crippen LogP contribution in [0, 0.1) is 6.92 Å². The van der Waals surface area contributed by atoms with E-state index in [-0.39, 0.29) is 0 Å². The molecule has 0 amide bonds. The number of aromatic nitrogens is 2. The Balaban J connectivity index is 2.28. The van der Waals surface area contributed by atoms with Crippen LogP contribution in [-0.4, -0.2) is 24.7 Å². The first kappa shape index (κ1) is 15.0. The summed E-state index contributed by atoms with van der Waals surface area (Å²) in [5, 5.41) is 11.4. The summed E-state index contributed by atoms with van der Waals surface area (Å²) in [5.41, 5.74) is 1.19. The number of rotatable bonds is 6. The van der Waals surface area contributed by atoms with Crippen molar-refractivity contribution in [2.45, 2.75) is 38.3 Å². The van der Waals surface area contributed by atoms with E-state index in [9.17, 15) is 8.42 Å². The number of aryl methyl sites for hydroxylation is 1. The van der Waals surface area contributed by atoms with Crippen LogP contribution in [0.15, 0.2) is 22.7 Å². The summed E-state index contributed by atoms with van der Waals surface area (Å²) in [4.78, 5) is 1.17. The van der Waals surface area contributed by atoms with E-state index in [1.54, 1.807) is 6.92 Å². The third-order valence-corrected chi connectivity index (χ3v) is 5.52. The van der Waals surface area contributed by atoms with Gasteiger partial charge >= 0.3 is 0 Å². The lowest BCUT2D eigenvalue weighted by molar-refractivity contribution is 0.581. The molecule has 0 aliphatic heterocycles. The van der Waals surface area contributed by atoms with Crippen LogP contribution in [0.25, 0.3) is 0 Å². The number of anilines is 1. The smallest absolute Gasteiger partial charge is 0.263 e. The third kappa shape index (κ3) is 3.38. The van der Waals surface area contributed by atoms with Crippen molar-refractivity contribution in [3.05, 3.63) is 28.2 Å². The zero-order valence-electron chi connectivity index (χ0n) is 11.6. The van der Waals surface area contributed by atoms with Crippen LogP contribution in [0.1, 0.15) is 24.3 Å². The van der Waals surface area contributed by atoms with Gasteiger partial charge in [0.25, 0.3) is 10.0 Å². The first-order valence-electron chi connectivity index (χ1n) is 6.22. The molecule has 0 fully saturated rings. The van der Waals surface area contributed by atoms with Crippen LogP contribution < -0.4 is 10.0 Å². The first-order valence-corrected chi connectivity index (χ1v) is 8.58. The van der Waals surface area contributed by atoms with Crippen molar-refractivity contribution in [2.24, 2.45) is 0 Å². The van der Waals surface area contributed by atoms with Gasteiger partial charge < -0.3 is 5.32 Å². The molecule has 2 aromatic heterocycles. The van der Waals surface area contributed by atoms with Crippen molar-refractivity contribution in [1.29, 1.82) is 0 Å². The highest BCUT2D eigenvalue weighted by atomic mass is 32.2. The summed E-state index contributed by atoms with van der Waals surface area (Å²) < 4.78 is 27.5. The summed E-state index contributed by atoms with van der Waals surface area (Å²) in [6.07, 6.45) is 2.94. The van der Waals surface area contributed by atoms with Crippen LogP contribution in [0.5, 0.6) is 0 Å². The molecule has 3 N–H and O–H groups in total. The second-order valence-electron chi connectivity index (χ2n) is 4.80. The van der Waals surface area contributed by atoms with Gasteiger partial charge in [-0.05, 0) is 17.9 Å². The maximum atomic E-state index is 12.5. The number of hydrogen-bond acceptors (Lipinski definition) is 5. The molecular formula is C12H18N4O2S2. The van der Waals surface area contributed by atoms with Gasteiger partial charge in [0.1, 0.15) is 4.90 Å². The van der Waals surface area contributed by atoms with E-state index in [0.29, 0.717) is 23.2 Å². The number of nitrogens with zero attached hydrogens (tertiary/aromatic N) is 1. The summed E-state index contributed by atoms with van der Waals surface area (Å²) in [6, 6.07) is 0.301. The predicted molar refractivity (Wildman–Crippen MR) is 80.4 cm³/mol. The second-order valence-corrected chi connectivity index (χ2v) is 7.38. The molecule has 0 atom stereocenters. The van der Waals surface area contributed by atoms with Gasteiger partial charge in [-0.1, -0.05) is 13.8 Å². The van der Waals surface area contributed by atoms with E-state index in [1.807, 2.05) is 19.2 Å². The largest absolute Gasteiger partial charge is 0.310 e. The molecule has 0 aliphatic carbocycles. The lowest BCUT2D eigenvalue weighted by Crippen LogP contribution is -2.23. The molecule has 0 bridgehead atoms. The topological polar surface area (TPSA) is 86.9 Å². The van der Waals surface area contributed by atoms with E-state index in [1.165, 1.54) is 23.7 Å². The molecule has 2 rings (SSSR count). The fourth-order valence-corrected chi connectivity index (χ4v) is 4.58. The quantitative estimate of drug-likeness (QED) is 0.762. The number of nitrogens with one attached hydrogen (secondary N) is 3. The Hall–Kier alpha value is -1.38. The average Bonchev–Trinajstić information content (AvgIpc) is 2.95. The van der Waals surface area contributed by atoms with Gasteiger partial charge in [0.05, 0.1) is 11.9 Å². The van der Waals surface area contributed by atoms with Gasteiger partial charge in [-0.15, -0.1) is 11.3 Å². The Bertz CT molecular complexity index is 660. The highest BCUT2D eigenvalue weighted by Gasteiger charge is 2.23. The van der Waals surface area contributed by atoms with Crippen molar-refractivity contribution in [2.75, 3.05) is 4.72 Å². The predicted octanol–water partition coefficient (Wildman–Crippen LogP) is 2.08. The van der Waals surface area contributed by atoms with E-state index in [4.69, 9.17) is 0 Å². The molecule has 0 spiro atoms. The zero-order valence-corrected chi connectivity index (χ0v) is 13.2. The minimum absolute atomic E-state index is 0.301. The molecule has 2 heterocycles. The van der Waals surface area contributed by atoms with Gasteiger partial charge in [0, 0.05) is 23.7 Å². The van der Waals surface area contributed by atoms with Gasteiger partial charge in [-0.3, -0.25) is 9.82 Å². The van der Waals surface area contributed by atoms with Gasteiger partial charge in [0.2, 0.25) is 0 Å². The van der Waals surface area contributed by atoms with Crippen molar-refractivity contribution in [3.63, 3.8) is 0 Å². The molecule has 6 nitrogen and oxygen atoms in total. The molecule has 8 heteroatoms. The minimum Gasteiger partial charge on any atom is -0.310 e. The van der Waals surface area contributed by atoms with Crippen molar-refractivity contribution >= 4 is 27.0 Å². The molecule has 0 aromatic carbocycles. The number of hydrogen-bond donors (Lipinski definition) is 3. The molecule has 20 heavy (non-hydrogen) atoms. The van der Waals surface area contributed by atoms with E-state index in [0.717, 1.165) is 10.4 Å². The van der Waals surface area contributed by atoms with Crippen molar-refractivity contribution in [3.8, 4) is 0 Å². The van der Waals surface area contributed by atoms with Crippen LogP contribution in [0.4, 0.5) is 5.69 Å². The Morgan fingerprint density at radius 1 is 1.45 bits per heavy atom. The van der Waals surface area contributed by atoms with Gasteiger partial charge in [-0.25, -0.2) is 8.42 Å². The standard InChI is InChI=1S/C12H18N4O2S2/c1-8(2)13-6-11-12(9(3)7-19-11)20(17,18)16-10-4-14-15-5-10/h4-5,7-8,13,16H,6H2,1-3H3,(H,14,15). The van der Waals surface area contributed by atoms with E-state index >= 15 is 0 Å². The highest BCUT2D eigenvalue weighted by molar-refractivity contribution is 7.93. The minimum atomic E-state index is -3.59. The summed E-state index contributed by atoms with van der Waals surface area (Å²) in [6.45, 7) is 6.40. The van der Waals surface area contributed by atoms with Gasteiger partial charge in [-0.2, -0.15) is 5.10 Å².